The highest BCUT2D eigenvalue weighted by Gasteiger charge is 1.96. The van der Waals surface area contributed by atoms with Crippen LogP contribution in [0.5, 0.6) is 0 Å². The molecule has 0 radical (unpaired) electrons. The third-order valence-electron chi connectivity index (χ3n) is 1.75. The minimum Gasteiger partial charge on any atom is -0.338 e. The second-order valence-electron chi connectivity index (χ2n) is 2.91. The van der Waals surface area contributed by atoms with Gasteiger partial charge < -0.3 is 10.6 Å². The lowest BCUT2D eigenvalue weighted by atomic mass is 10.4. The predicted molar refractivity (Wildman–Crippen MR) is 53.9 cm³/mol. The number of nitrogens with one attached hydrogen (secondary N) is 2. The van der Waals surface area contributed by atoms with Gasteiger partial charge in [0.25, 0.3) is 0 Å². The van der Waals surface area contributed by atoms with E-state index in [-0.39, 0.29) is 6.03 Å². The van der Waals surface area contributed by atoms with Crippen molar-refractivity contribution in [1.29, 1.82) is 0 Å². The Kier molecular flexibility index (Phi) is 4.54. The van der Waals surface area contributed by atoms with Crippen LogP contribution in [-0.4, -0.2) is 28.9 Å². The van der Waals surface area contributed by atoms with Crippen molar-refractivity contribution in [3.8, 4) is 0 Å². The minimum absolute atomic E-state index is 0.104. The molecule has 14 heavy (non-hydrogen) atoms. The van der Waals surface area contributed by atoms with Crippen LogP contribution in [0.1, 0.15) is 13.3 Å². The molecule has 2 N–H and O–H groups in total. The molecule has 0 bridgehead atoms. The fourth-order valence-corrected chi connectivity index (χ4v) is 1.10. The summed E-state index contributed by atoms with van der Waals surface area (Å²) in [6.45, 7) is 4.05. The number of amides is 2. The number of carbonyl (C=O) groups is 1. The Labute approximate surface area is 83.5 Å². The van der Waals surface area contributed by atoms with E-state index in [0.717, 1.165) is 13.0 Å². The van der Waals surface area contributed by atoms with Gasteiger partial charge in [-0.15, -0.1) is 0 Å². The molecular weight excluding hydrogens is 180 g/mol. The Balaban J connectivity index is 2.02. The van der Waals surface area contributed by atoms with Crippen LogP contribution in [0.3, 0.4) is 0 Å². The summed E-state index contributed by atoms with van der Waals surface area (Å²) in [5, 5.41) is 9.48. The van der Waals surface area contributed by atoms with Crippen molar-refractivity contribution in [2.75, 3.05) is 13.1 Å². The summed E-state index contributed by atoms with van der Waals surface area (Å²) in [4.78, 5) is 11.0. The van der Waals surface area contributed by atoms with E-state index in [2.05, 4.69) is 15.7 Å². The number of rotatable bonds is 5. The number of hydrogen-bond acceptors (Lipinski definition) is 2. The summed E-state index contributed by atoms with van der Waals surface area (Å²) in [6, 6.07) is 1.78. The second-order valence-corrected chi connectivity index (χ2v) is 2.91. The Bertz CT molecular complexity index is 258. The summed E-state index contributed by atoms with van der Waals surface area (Å²) in [7, 11) is 0. The lowest BCUT2D eigenvalue weighted by Crippen LogP contribution is -2.36. The zero-order chi connectivity index (χ0) is 10.2. The fraction of sp³-hybridized carbons (Fsp3) is 0.556. The summed E-state index contributed by atoms with van der Waals surface area (Å²) >= 11 is 0. The molecule has 0 aliphatic rings. The smallest absolute Gasteiger partial charge is 0.314 e. The van der Waals surface area contributed by atoms with E-state index in [9.17, 15) is 4.79 Å². The van der Waals surface area contributed by atoms with Crippen molar-refractivity contribution in [2.45, 2.75) is 19.9 Å². The molecule has 0 unspecified atom stereocenters. The third-order valence-corrected chi connectivity index (χ3v) is 1.75. The number of aromatic nitrogens is 2. The number of carbonyl (C=O) groups excluding carboxylic acids is 1. The van der Waals surface area contributed by atoms with Crippen LogP contribution in [-0.2, 0) is 6.54 Å². The highest BCUT2D eigenvalue weighted by molar-refractivity contribution is 5.73. The highest BCUT2D eigenvalue weighted by atomic mass is 16.2. The van der Waals surface area contributed by atoms with Gasteiger partial charge in [-0.05, 0) is 19.4 Å². The Morgan fingerprint density at radius 1 is 1.50 bits per heavy atom. The van der Waals surface area contributed by atoms with Crippen molar-refractivity contribution in [3.63, 3.8) is 0 Å². The first-order valence-electron chi connectivity index (χ1n) is 4.82. The first-order chi connectivity index (χ1) is 6.83. The van der Waals surface area contributed by atoms with Crippen molar-refractivity contribution in [3.05, 3.63) is 18.5 Å². The van der Waals surface area contributed by atoms with E-state index in [0.29, 0.717) is 13.1 Å². The molecule has 0 atom stereocenters. The summed E-state index contributed by atoms with van der Waals surface area (Å²) in [6.07, 6.45) is 4.54. The van der Waals surface area contributed by atoms with Crippen molar-refractivity contribution < 1.29 is 4.79 Å². The molecule has 0 saturated heterocycles. The largest absolute Gasteiger partial charge is 0.338 e. The zero-order valence-electron chi connectivity index (χ0n) is 8.36. The summed E-state index contributed by atoms with van der Waals surface area (Å²) in [5.74, 6) is 0. The van der Waals surface area contributed by atoms with Gasteiger partial charge in [0.2, 0.25) is 0 Å². The number of aryl methyl sites for hydroxylation is 1. The molecule has 0 spiro atoms. The molecule has 1 aromatic heterocycles. The molecule has 2 amide bonds. The quantitative estimate of drug-likeness (QED) is 0.677. The van der Waals surface area contributed by atoms with Crippen LogP contribution in [0.25, 0.3) is 0 Å². The van der Waals surface area contributed by atoms with Crippen LogP contribution >= 0.6 is 0 Å². The molecule has 0 aromatic carbocycles. The molecule has 5 nitrogen and oxygen atoms in total. The van der Waals surface area contributed by atoms with Crippen LogP contribution < -0.4 is 10.6 Å². The molecule has 0 aliphatic carbocycles. The van der Waals surface area contributed by atoms with Crippen LogP contribution in [0, 0.1) is 0 Å². The third kappa shape index (κ3) is 3.93. The van der Waals surface area contributed by atoms with Crippen LogP contribution in [0.4, 0.5) is 4.79 Å². The standard InChI is InChI=1S/C9H16N4O/c1-2-10-9(14)11-5-3-7-13-8-4-6-12-13/h4,6,8H,2-3,5,7H2,1H3,(H2,10,11,14). The van der Waals surface area contributed by atoms with Crippen molar-refractivity contribution in [1.82, 2.24) is 20.4 Å². The average molecular weight is 196 g/mol. The van der Waals surface area contributed by atoms with E-state index in [4.69, 9.17) is 0 Å². The van der Waals surface area contributed by atoms with Crippen molar-refractivity contribution in [2.24, 2.45) is 0 Å². The van der Waals surface area contributed by atoms with Gasteiger partial charge in [0.05, 0.1) is 0 Å². The topological polar surface area (TPSA) is 59.0 Å². The second kappa shape index (κ2) is 6.01. The van der Waals surface area contributed by atoms with Gasteiger partial charge in [0.1, 0.15) is 0 Å². The van der Waals surface area contributed by atoms with Gasteiger partial charge in [0, 0.05) is 32.0 Å². The lowest BCUT2D eigenvalue weighted by Gasteiger charge is -2.05. The van der Waals surface area contributed by atoms with Gasteiger partial charge in [-0.1, -0.05) is 0 Å². The van der Waals surface area contributed by atoms with E-state index in [1.54, 1.807) is 6.20 Å². The normalized spacial score (nSPS) is 9.79. The molecular formula is C9H16N4O. The summed E-state index contributed by atoms with van der Waals surface area (Å²) in [5.41, 5.74) is 0. The maximum absolute atomic E-state index is 11.0. The molecule has 0 saturated carbocycles. The Hall–Kier alpha value is -1.52. The first-order valence-corrected chi connectivity index (χ1v) is 4.82. The van der Waals surface area contributed by atoms with E-state index in [1.807, 2.05) is 23.9 Å². The van der Waals surface area contributed by atoms with Crippen LogP contribution in [0.15, 0.2) is 18.5 Å². The molecule has 0 fully saturated rings. The predicted octanol–water partition coefficient (Wildman–Crippen LogP) is 0.592. The molecule has 1 heterocycles. The van der Waals surface area contributed by atoms with Gasteiger partial charge in [-0.3, -0.25) is 4.68 Å². The first kappa shape index (κ1) is 10.6. The highest BCUT2D eigenvalue weighted by Crippen LogP contribution is 1.87. The zero-order valence-corrected chi connectivity index (χ0v) is 8.36. The van der Waals surface area contributed by atoms with Gasteiger partial charge in [-0.25, -0.2) is 4.79 Å². The number of urea groups is 1. The Morgan fingerprint density at radius 3 is 3.00 bits per heavy atom. The SMILES string of the molecule is CCNC(=O)NCCCn1cccn1. The van der Waals surface area contributed by atoms with E-state index >= 15 is 0 Å². The van der Waals surface area contributed by atoms with Crippen molar-refractivity contribution >= 4 is 6.03 Å². The summed E-state index contributed by atoms with van der Waals surface area (Å²) < 4.78 is 1.85. The monoisotopic (exact) mass is 196 g/mol. The average Bonchev–Trinajstić information content (AvgIpc) is 2.65. The van der Waals surface area contributed by atoms with Gasteiger partial charge in [-0.2, -0.15) is 5.10 Å². The minimum atomic E-state index is -0.104. The van der Waals surface area contributed by atoms with E-state index in [1.165, 1.54) is 0 Å². The molecule has 0 aliphatic heterocycles. The maximum Gasteiger partial charge on any atom is 0.314 e. The van der Waals surface area contributed by atoms with Gasteiger partial charge >= 0.3 is 6.03 Å². The molecule has 78 valence electrons. The lowest BCUT2D eigenvalue weighted by molar-refractivity contribution is 0.241. The van der Waals surface area contributed by atoms with Crippen LogP contribution in [0.2, 0.25) is 0 Å². The Morgan fingerprint density at radius 2 is 2.36 bits per heavy atom. The number of hydrogen-bond donors (Lipinski definition) is 2. The van der Waals surface area contributed by atoms with Gasteiger partial charge in [0.15, 0.2) is 0 Å². The molecule has 5 heteroatoms. The van der Waals surface area contributed by atoms with E-state index < -0.39 is 0 Å². The fourth-order valence-electron chi connectivity index (χ4n) is 1.10. The molecule has 1 aromatic rings. The maximum atomic E-state index is 11.0. The molecule has 1 rings (SSSR count). The number of nitrogens with zero attached hydrogens (tertiary/aromatic N) is 2.